The number of rotatable bonds is 9. The molecule has 53 heavy (non-hydrogen) atoms. The van der Waals surface area contributed by atoms with Crippen LogP contribution in [0.4, 0.5) is 0 Å². The summed E-state index contributed by atoms with van der Waals surface area (Å²) in [5.41, 5.74) is 13.1. The van der Waals surface area contributed by atoms with Crippen LogP contribution in [0.2, 0.25) is 0 Å². The van der Waals surface area contributed by atoms with Crippen LogP contribution in [0.25, 0.3) is 55.4 Å². The normalized spacial score (nSPS) is 12.5. The van der Waals surface area contributed by atoms with E-state index in [2.05, 4.69) is 120 Å². The number of nitrogens with zero attached hydrogens (tertiary/aromatic N) is 1. The van der Waals surface area contributed by atoms with Crippen LogP contribution in [0.15, 0.2) is 90.8 Å². The SMILES string of the molecule is CCC(C)(CC)C(=O)/C=C(\O)C(C)(CC)CC.Cc1[c-]c(-c2ncc3c4c(cccc24)-c2ccc(CC(C)(C)C)cc2-c2ccccc2-3)cc(C)c1.[Ir]. The van der Waals surface area contributed by atoms with E-state index in [0.29, 0.717) is 0 Å². The molecule has 1 aromatic heterocycles. The summed E-state index contributed by atoms with van der Waals surface area (Å²) in [5, 5.41) is 12.6. The average Bonchev–Trinajstić information content (AvgIpc) is 3.23. The van der Waals surface area contributed by atoms with Crippen LogP contribution in [0.1, 0.15) is 105 Å². The molecule has 0 saturated carbocycles. The van der Waals surface area contributed by atoms with Gasteiger partial charge in [0.05, 0.1) is 0 Å². The van der Waals surface area contributed by atoms with Gasteiger partial charge in [-0.2, -0.15) is 0 Å². The van der Waals surface area contributed by atoms with E-state index in [4.69, 9.17) is 4.98 Å². The molecular formula is C49H58IrNO2-. The van der Waals surface area contributed by atoms with Crippen molar-refractivity contribution in [2.24, 2.45) is 16.2 Å². The predicted octanol–water partition coefficient (Wildman–Crippen LogP) is 13.9. The van der Waals surface area contributed by atoms with Crippen LogP contribution in [0, 0.1) is 36.2 Å². The van der Waals surface area contributed by atoms with Gasteiger partial charge in [-0.15, -0.1) is 34.9 Å². The molecule has 1 aliphatic rings. The van der Waals surface area contributed by atoms with Crippen LogP contribution < -0.4 is 0 Å². The fourth-order valence-electron chi connectivity index (χ4n) is 7.38. The quantitative estimate of drug-likeness (QED) is 0.0894. The summed E-state index contributed by atoms with van der Waals surface area (Å²) < 4.78 is 0. The van der Waals surface area contributed by atoms with Crippen molar-refractivity contribution >= 4 is 16.6 Å². The van der Waals surface area contributed by atoms with Gasteiger partial charge in [-0.1, -0.05) is 137 Å². The van der Waals surface area contributed by atoms with Crippen molar-refractivity contribution < 1.29 is 30.0 Å². The molecule has 0 bridgehead atoms. The summed E-state index contributed by atoms with van der Waals surface area (Å²) in [5.74, 6) is 0.286. The third-order valence-corrected chi connectivity index (χ3v) is 11.5. The Morgan fingerprint density at radius 1 is 0.717 bits per heavy atom. The van der Waals surface area contributed by atoms with E-state index in [0.717, 1.165) is 48.9 Å². The number of carbonyl (C=O) groups excluding carboxylic acids is 1. The van der Waals surface area contributed by atoms with E-state index in [-0.39, 0.29) is 47.9 Å². The third kappa shape index (κ3) is 8.77. The number of carbonyl (C=O) groups is 1. The smallest absolute Gasteiger partial charge is 0.164 e. The predicted molar refractivity (Wildman–Crippen MR) is 222 cm³/mol. The molecule has 0 unspecified atom stereocenters. The number of fused-ring (bicyclic) bond motifs is 5. The standard InChI is InChI=1S/C34H30N.C15H28O2.Ir/c1-21-15-22(2)17-24(16-21)33-29-12-8-11-28-27-14-13-23(19-34(3,4)5)18-30(27)25-9-6-7-10-26(25)31(20-35-33)32(28)29;1-7-14(5,8-2)12(16)11-13(17)15(6,9-3)10-4;/h6-16,18,20H,19H2,1-5H3;11,16H,7-10H2,1-6H3;/q-1;;/b;12-11-;. The first-order chi connectivity index (χ1) is 24.6. The van der Waals surface area contributed by atoms with Crippen molar-refractivity contribution in [2.75, 3.05) is 0 Å². The molecule has 0 amide bonds. The molecule has 1 heterocycles. The Kier molecular flexibility index (Phi) is 13.2. The number of aliphatic hydroxyl groups is 1. The Morgan fingerprint density at radius 2 is 1.30 bits per heavy atom. The molecular weight excluding hydrogens is 827 g/mol. The molecule has 4 heteroatoms. The molecule has 3 nitrogen and oxygen atoms in total. The van der Waals surface area contributed by atoms with Crippen LogP contribution in [-0.4, -0.2) is 15.9 Å². The summed E-state index contributed by atoms with van der Waals surface area (Å²) >= 11 is 0. The Balaban J connectivity index is 0.000000299. The Bertz CT molecular complexity index is 2110. The second kappa shape index (κ2) is 16.7. The first-order valence-corrected chi connectivity index (χ1v) is 19.2. The van der Waals surface area contributed by atoms with Crippen molar-refractivity contribution in [1.82, 2.24) is 4.98 Å². The van der Waals surface area contributed by atoms with Gasteiger partial charge in [-0.25, -0.2) is 0 Å². The van der Waals surface area contributed by atoms with E-state index < -0.39 is 0 Å². The van der Waals surface area contributed by atoms with Gasteiger partial charge in [0.2, 0.25) is 0 Å². The minimum atomic E-state index is -0.337. The van der Waals surface area contributed by atoms with Crippen molar-refractivity contribution in [3.63, 3.8) is 0 Å². The fourth-order valence-corrected chi connectivity index (χ4v) is 7.38. The Hall–Kier alpha value is -3.85. The maximum Gasteiger partial charge on any atom is 0.164 e. The van der Waals surface area contributed by atoms with E-state index in [1.165, 1.54) is 61.4 Å². The number of aliphatic hydroxyl groups excluding tert-OH is 1. The molecule has 281 valence electrons. The van der Waals surface area contributed by atoms with Gasteiger partial charge >= 0.3 is 0 Å². The molecule has 1 N–H and O–H groups in total. The molecule has 0 atom stereocenters. The first kappa shape index (κ1) is 41.9. The van der Waals surface area contributed by atoms with Gasteiger partial charge < -0.3 is 10.1 Å². The number of ketones is 1. The van der Waals surface area contributed by atoms with Crippen molar-refractivity contribution in [3.05, 3.63) is 114 Å². The third-order valence-electron chi connectivity index (χ3n) is 11.5. The summed E-state index contributed by atoms with van der Waals surface area (Å²) in [6.07, 6.45) is 7.88. The monoisotopic (exact) mass is 885 g/mol. The zero-order valence-electron chi connectivity index (χ0n) is 33.8. The maximum atomic E-state index is 12.2. The van der Waals surface area contributed by atoms with Crippen LogP contribution in [-0.2, 0) is 31.3 Å². The van der Waals surface area contributed by atoms with Crippen molar-refractivity contribution in [1.29, 1.82) is 0 Å². The Morgan fingerprint density at radius 3 is 1.89 bits per heavy atom. The zero-order valence-corrected chi connectivity index (χ0v) is 36.1. The van der Waals surface area contributed by atoms with Crippen molar-refractivity contribution in [3.8, 4) is 44.6 Å². The van der Waals surface area contributed by atoms with E-state index >= 15 is 0 Å². The maximum absolute atomic E-state index is 12.2. The number of pyridine rings is 1. The van der Waals surface area contributed by atoms with E-state index in [1.807, 2.05) is 41.5 Å². The van der Waals surface area contributed by atoms with Crippen LogP contribution in [0.3, 0.4) is 0 Å². The van der Waals surface area contributed by atoms with E-state index in [1.54, 1.807) is 0 Å². The molecule has 0 fully saturated rings. The number of hydrogen-bond acceptors (Lipinski definition) is 3. The van der Waals surface area contributed by atoms with Crippen molar-refractivity contribution in [2.45, 2.75) is 108 Å². The molecule has 1 radical (unpaired) electrons. The minimum Gasteiger partial charge on any atom is -0.512 e. The number of hydrogen-bond donors (Lipinski definition) is 1. The van der Waals surface area contributed by atoms with Gasteiger partial charge in [0.15, 0.2) is 5.78 Å². The largest absolute Gasteiger partial charge is 0.512 e. The molecule has 0 spiro atoms. The van der Waals surface area contributed by atoms with Crippen LogP contribution >= 0.6 is 0 Å². The summed E-state index contributed by atoms with van der Waals surface area (Å²) in [6, 6.07) is 30.5. The molecule has 0 aliphatic heterocycles. The molecule has 0 saturated heterocycles. The second-order valence-corrected chi connectivity index (χ2v) is 16.6. The van der Waals surface area contributed by atoms with E-state index in [9.17, 15) is 9.90 Å². The van der Waals surface area contributed by atoms with Gasteiger partial charge in [-0.05, 0) is 87.4 Å². The molecule has 6 rings (SSSR count). The number of benzene rings is 4. The Labute approximate surface area is 332 Å². The number of aryl methyl sites for hydroxylation is 2. The molecule has 4 aromatic carbocycles. The minimum absolute atomic E-state index is 0. The fraction of sp³-hybridized carbons (Fsp3) is 0.388. The second-order valence-electron chi connectivity index (χ2n) is 16.6. The average molecular weight is 885 g/mol. The topological polar surface area (TPSA) is 50.2 Å². The first-order valence-electron chi connectivity index (χ1n) is 19.2. The summed E-state index contributed by atoms with van der Waals surface area (Å²) in [4.78, 5) is 17.2. The van der Waals surface area contributed by atoms with Gasteiger partial charge in [0, 0.05) is 48.8 Å². The van der Waals surface area contributed by atoms with Gasteiger partial charge in [0.1, 0.15) is 5.76 Å². The van der Waals surface area contributed by atoms with Gasteiger partial charge in [-0.3, -0.25) is 4.79 Å². The summed E-state index contributed by atoms with van der Waals surface area (Å²) in [7, 11) is 0. The molecule has 1 aliphatic carbocycles. The zero-order chi connectivity index (χ0) is 38.0. The summed E-state index contributed by atoms with van der Waals surface area (Å²) in [6.45, 7) is 23.2. The van der Waals surface area contributed by atoms with Gasteiger partial charge in [0.25, 0.3) is 0 Å². The number of aromatic nitrogens is 1. The molecule has 5 aromatic rings. The van der Waals surface area contributed by atoms with Crippen LogP contribution in [0.5, 0.6) is 0 Å². The number of allylic oxidation sites excluding steroid dienone is 2.